The number of likely N-dealkylation sites (tertiary alicyclic amines) is 1. The average Bonchev–Trinajstić information content (AvgIpc) is 2.36. The Hall–Kier alpha value is -0.870. The van der Waals surface area contributed by atoms with Crippen molar-refractivity contribution in [1.29, 1.82) is 0 Å². The van der Waals surface area contributed by atoms with Gasteiger partial charge in [-0.2, -0.15) is 0 Å². The van der Waals surface area contributed by atoms with Gasteiger partial charge in [-0.3, -0.25) is 4.79 Å². The molecule has 3 N–H and O–H groups in total. The van der Waals surface area contributed by atoms with Crippen molar-refractivity contribution in [2.75, 3.05) is 19.6 Å². The van der Waals surface area contributed by atoms with E-state index in [9.17, 15) is 4.79 Å². The van der Waals surface area contributed by atoms with Gasteiger partial charge in [0.2, 0.25) is 5.91 Å². The highest BCUT2D eigenvalue weighted by Crippen LogP contribution is 2.15. The Bertz CT molecular complexity index is 268. The number of amides is 1. The van der Waals surface area contributed by atoms with Gasteiger partial charge in [0, 0.05) is 19.1 Å². The maximum atomic E-state index is 11.6. The number of nitrogens with two attached hydrogens (primary N) is 1. The first-order chi connectivity index (χ1) is 8.65. The van der Waals surface area contributed by atoms with E-state index in [1.165, 1.54) is 25.8 Å². The summed E-state index contributed by atoms with van der Waals surface area (Å²) in [7, 11) is 0. The van der Waals surface area contributed by atoms with Gasteiger partial charge < -0.3 is 16.0 Å². The van der Waals surface area contributed by atoms with Crippen LogP contribution in [0.4, 0.5) is 0 Å². The predicted octanol–water partition coefficient (Wildman–Crippen LogP) is 1.27. The lowest BCUT2D eigenvalue weighted by Crippen LogP contribution is -2.42. The molecule has 104 valence electrons. The van der Waals surface area contributed by atoms with E-state index in [0.717, 1.165) is 13.0 Å². The summed E-state index contributed by atoms with van der Waals surface area (Å²) in [5.74, 6) is -0.0680. The summed E-state index contributed by atoms with van der Waals surface area (Å²) < 4.78 is 0. The summed E-state index contributed by atoms with van der Waals surface area (Å²) in [5, 5.41) is 2.88. The quantitative estimate of drug-likeness (QED) is 0.530. The van der Waals surface area contributed by atoms with Crippen molar-refractivity contribution < 1.29 is 4.79 Å². The lowest BCUT2D eigenvalue weighted by molar-refractivity contribution is -0.122. The Labute approximate surface area is 111 Å². The summed E-state index contributed by atoms with van der Waals surface area (Å²) in [4.78, 5) is 14.1. The zero-order valence-corrected chi connectivity index (χ0v) is 11.5. The molecule has 18 heavy (non-hydrogen) atoms. The summed E-state index contributed by atoms with van der Waals surface area (Å²) in [6.45, 7) is 8.85. The Morgan fingerprint density at radius 1 is 1.61 bits per heavy atom. The topological polar surface area (TPSA) is 58.4 Å². The van der Waals surface area contributed by atoms with Gasteiger partial charge in [0.15, 0.2) is 0 Å². The molecule has 0 aliphatic carbocycles. The summed E-state index contributed by atoms with van der Waals surface area (Å²) in [5.41, 5.74) is 5.68. The SMILES string of the molecule is C=CCC(N)C(=O)NCCCN1CCCCC1C. The van der Waals surface area contributed by atoms with E-state index in [0.29, 0.717) is 19.0 Å². The first kappa shape index (κ1) is 15.2. The largest absolute Gasteiger partial charge is 0.355 e. The smallest absolute Gasteiger partial charge is 0.237 e. The van der Waals surface area contributed by atoms with Crippen LogP contribution in [0.3, 0.4) is 0 Å². The molecule has 4 heteroatoms. The molecular formula is C14H27N3O. The highest BCUT2D eigenvalue weighted by molar-refractivity contribution is 5.81. The van der Waals surface area contributed by atoms with Crippen LogP contribution in [-0.2, 0) is 4.79 Å². The number of nitrogens with one attached hydrogen (secondary N) is 1. The van der Waals surface area contributed by atoms with Crippen LogP contribution < -0.4 is 11.1 Å². The number of hydrogen-bond acceptors (Lipinski definition) is 3. The second kappa shape index (κ2) is 8.27. The van der Waals surface area contributed by atoms with Crippen molar-refractivity contribution >= 4 is 5.91 Å². The van der Waals surface area contributed by atoms with E-state index in [1.54, 1.807) is 6.08 Å². The third-order valence-corrected chi connectivity index (χ3v) is 3.62. The number of hydrogen-bond donors (Lipinski definition) is 2. The summed E-state index contributed by atoms with van der Waals surface area (Å²) in [6.07, 6.45) is 7.17. The molecule has 1 saturated heterocycles. The van der Waals surface area contributed by atoms with Crippen LogP contribution in [0.1, 0.15) is 39.0 Å². The van der Waals surface area contributed by atoms with Crippen molar-refractivity contribution in [3.63, 3.8) is 0 Å². The molecule has 0 radical (unpaired) electrons. The van der Waals surface area contributed by atoms with Crippen LogP contribution in [0.2, 0.25) is 0 Å². The Balaban J connectivity index is 2.10. The minimum Gasteiger partial charge on any atom is -0.355 e. The van der Waals surface area contributed by atoms with Gasteiger partial charge in [0.1, 0.15) is 0 Å². The molecule has 0 aromatic heterocycles. The zero-order valence-electron chi connectivity index (χ0n) is 11.5. The van der Waals surface area contributed by atoms with Gasteiger partial charge in [-0.25, -0.2) is 0 Å². The lowest BCUT2D eigenvalue weighted by atomic mass is 10.0. The summed E-state index contributed by atoms with van der Waals surface area (Å²) >= 11 is 0. The second-order valence-electron chi connectivity index (χ2n) is 5.16. The maximum absolute atomic E-state index is 11.6. The highest BCUT2D eigenvalue weighted by Gasteiger charge is 2.17. The zero-order chi connectivity index (χ0) is 13.4. The number of carbonyl (C=O) groups is 1. The fourth-order valence-corrected chi connectivity index (χ4v) is 2.40. The van der Waals surface area contributed by atoms with E-state index >= 15 is 0 Å². The third kappa shape index (κ3) is 5.19. The normalized spacial score (nSPS) is 22.4. The molecule has 4 nitrogen and oxygen atoms in total. The second-order valence-corrected chi connectivity index (χ2v) is 5.16. The molecule has 1 aliphatic heterocycles. The number of carbonyl (C=O) groups excluding carboxylic acids is 1. The minimum atomic E-state index is -0.448. The summed E-state index contributed by atoms with van der Waals surface area (Å²) in [6, 6.07) is 0.244. The van der Waals surface area contributed by atoms with E-state index < -0.39 is 6.04 Å². The van der Waals surface area contributed by atoms with E-state index in [2.05, 4.69) is 23.7 Å². The fraction of sp³-hybridized carbons (Fsp3) is 0.786. The lowest BCUT2D eigenvalue weighted by Gasteiger charge is -2.33. The highest BCUT2D eigenvalue weighted by atomic mass is 16.2. The number of nitrogens with zero attached hydrogens (tertiary/aromatic N) is 1. The molecule has 0 bridgehead atoms. The van der Waals surface area contributed by atoms with Gasteiger partial charge in [-0.05, 0) is 39.2 Å². The monoisotopic (exact) mass is 253 g/mol. The van der Waals surface area contributed by atoms with Gasteiger partial charge in [0.25, 0.3) is 0 Å². The average molecular weight is 253 g/mol. The molecule has 1 rings (SSSR count). The molecule has 1 fully saturated rings. The predicted molar refractivity (Wildman–Crippen MR) is 75.3 cm³/mol. The van der Waals surface area contributed by atoms with Gasteiger partial charge in [-0.1, -0.05) is 12.5 Å². The van der Waals surface area contributed by atoms with Crippen LogP contribution in [-0.4, -0.2) is 42.5 Å². The molecule has 0 spiro atoms. The Kier molecular flexibility index (Phi) is 6.98. The van der Waals surface area contributed by atoms with Crippen molar-refractivity contribution in [2.24, 2.45) is 5.73 Å². The first-order valence-electron chi connectivity index (χ1n) is 7.03. The fourth-order valence-electron chi connectivity index (χ4n) is 2.40. The molecule has 2 atom stereocenters. The first-order valence-corrected chi connectivity index (χ1v) is 7.03. The van der Waals surface area contributed by atoms with Crippen molar-refractivity contribution in [3.8, 4) is 0 Å². The number of rotatable bonds is 7. The van der Waals surface area contributed by atoms with Gasteiger partial charge in [0.05, 0.1) is 6.04 Å². The van der Waals surface area contributed by atoms with Crippen molar-refractivity contribution in [3.05, 3.63) is 12.7 Å². The molecule has 2 unspecified atom stereocenters. The third-order valence-electron chi connectivity index (χ3n) is 3.62. The Morgan fingerprint density at radius 3 is 3.06 bits per heavy atom. The number of piperidine rings is 1. The van der Waals surface area contributed by atoms with Crippen molar-refractivity contribution in [1.82, 2.24) is 10.2 Å². The molecule has 1 amide bonds. The molecular weight excluding hydrogens is 226 g/mol. The van der Waals surface area contributed by atoms with Crippen LogP contribution >= 0.6 is 0 Å². The minimum absolute atomic E-state index is 0.0680. The van der Waals surface area contributed by atoms with E-state index in [-0.39, 0.29) is 5.91 Å². The van der Waals surface area contributed by atoms with Crippen molar-refractivity contribution in [2.45, 2.75) is 51.1 Å². The van der Waals surface area contributed by atoms with Crippen LogP contribution in [0.25, 0.3) is 0 Å². The standard InChI is InChI=1S/C14H27N3O/c1-3-7-13(15)14(18)16-9-6-11-17-10-5-4-8-12(17)2/h3,12-13H,1,4-11,15H2,2H3,(H,16,18). The van der Waals surface area contributed by atoms with E-state index in [4.69, 9.17) is 5.73 Å². The molecule has 1 heterocycles. The van der Waals surface area contributed by atoms with Crippen LogP contribution in [0, 0.1) is 0 Å². The van der Waals surface area contributed by atoms with E-state index in [1.807, 2.05) is 0 Å². The maximum Gasteiger partial charge on any atom is 0.237 e. The molecule has 0 aromatic carbocycles. The molecule has 0 saturated carbocycles. The van der Waals surface area contributed by atoms with Crippen LogP contribution in [0.5, 0.6) is 0 Å². The Morgan fingerprint density at radius 2 is 2.39 bits per heavy atom. The van der Waals surface area contributed by atoms with Crippen LogP contribution in [0.15, 0.2) is 12.7 Å². The van der Waals surface area contributed by atoms with Gasteiger partial charge >= 0.3 is 0 Å². The molecule has 1 aliphatic rings. The van der Waals surface area contributed by atoms with Gasteiger partial charge in [-0.15, -0.1) is 6.58 Å². The molecule has 0 aromatic rings.